The Morgan fingerprint density at radius 3 is 2.70 bits per heavy atom. The molecule has 0 amide bonds. The number of para-hydroxylation sites is 1. The van der Waals surface area contributed by atoms with Crippen LogP contribution in [0.4, 0.5) is 10.8 Å². The minimum Gasteiger partial charge on any atom is -0.375 e. The van der Waals surface area contributed by atoms with Gasteiger partial charge >= 0.3 is 0 Å². The van der Waals surface area contributed by atoms with Crippen molar-refractivity contribution in [1.29, 1.82) is 0 Å². The fraction of sp³-hybridized carbons (Fsp3) is 0.526. The van der Waals surface area contributed by atoms with Crippen LogP contribution in [-0.2, 0) is 16.6 Å². The second-order valence-electron chi connectivity index (χ2n) is 7.30. The van der Waals surface area contributed by atoms with Crippen molar-refractivity contribution in [3.8, 4) is 0 Å². The van der Waals surface area contributed by atoms with Crippen LogP contribution in [-0.4, -0.2) is 19.4 Å². The highest BCUT2D eigenvalue weighted by atomic mass is 32.2. The van der Waals surface area contributed by atoms with Gasteiger partial charge in [-0.25, -0.2) is 13.4 Å². The Labute approximate surface area is 165 Å². The van der Waals surface area contributed by atoms with E-state index in [1.165, 1.54) is 44.7 Å². The summed E-state index contributed by atoms with van der Waals surface area (Å²) in [6.07, 6.45) is 9.20. The maximum absolute atomic E-state index is 12.6. The smallest absolute Gasteiger partial charge is 0.273 e. The third kappa shape index (κ3) is 5.67. The number of nitrogens with two attached hydrogens (primary N) is 1. The average Bonchev–Trinajstić information content (AvgIpc) is 3.09. The normalized spacial score (nSPS) is 16.9. The topological polar surface area (TPSA) is 97.1 Å². The molecule has 3 rings (SSSR count). The molecule has 0 bridgehead atoms. The van der Waals surface area contributed by atoms with Crippen molar-refractivity contribution in [2.75, 3.05) is 10.5 Å². The lowest BCUT2D eigenvalue weighted by Gasteiger charge is -2.25. The van der Waals surface area contributed by atoms with Crippen LogP contribution >= 0.6 is 11.3 Å². The summed E-state index contributed by atoms with van der Waals surface area (Å²) in [4.78, 5) is 3.83. The summed E-state index contributed by atoms with van der Waals surface area (Å²) in [7, 11) is -3.68. The van der Waals surface area contributed by atoms with Gasteiger partial charge in [-0.2, -0.15) is 0 Å². The van der Waals surface area contributed by atoms with E-state index < -0.39 is 10.0 Å². The summed E-state index contributed by atoms with van der Waals surface area (Å²) in [6, 6.07) is 7.88. The molecule has 4 N–H and O–H groups in total. The van der Waals surface area contributed by atoms with Gasteiger partial charge in [-0.3, -0.25) is 4.72 Å². The van der Waals surface area contributed by atoms with E-state index in [-0.39, 0.29) is 9.34 Å². The van der Waals surface area contributed by atoms with Crippen LogP contribution < -0.4 is 15.8 Å². The van der Waals surface area contributed by atoms with E-state index in [2.05, 4.69) is 21.9 Å². The lowest BCUT2D eigenvalue weighted by atomic mass is 9.85. The van der Waals surface area contributed by atoms with Crippen molar-refractivity contribution >= 4 is 32.2 Å². The number of sulfonamides is 1. The zero-order valence-electron chi connectivity index (χ0n) is 15.6. The molecule has 1 aliphatic rings. The summed E-state index contributed by atoms with van der Waals surface area (Å²) in [5.41, 5.74) is 7.07. The van der Waals surface area contributed by atoms with Crippen LogP contribution in [0.25, 0.3) is 0 Å². The highest BCUT2D eigenvalue weighted by Gasteiger charge is 2.20. The standard InChI is InChI=1S/C19H28N4O2S2/c1-14(11-15-7-3-2-4-8-15)21-12-16-9-5-6-10-17(16)23-27(24,25)18-13-22-19(20)26-18/h5-6,9-10,13-15,21,23H,2-4,7-8,11-12H2,1H3,(H2,20,22)/t14-/m0/s1. The van der Waals surface area contributed by atoms with Gasteiger partial charge in [0.15, 0.2) is 9.34 Å². The number of nitrogens with zero attached hydrogens (tertiary/aromatic N) is 1. The monoisotopic (exact) mass is 408 g/mol. The molecule has 8 heteroatoms. The first kappa shape index (κ1) is 20.1. The molecule has 148 valence electrons. The molecule has 27 heavy (non-hydrogen) atoms. The minimum atomic E-state index is -3.68. The van der Waals surface area contributed by atoms with Gasteiger partial charge in [-0.15, -0.1) is 0 Å². The van der Waals surface area contributed by atoms with E-state index in [0.717, 1.165) is 22.8 Å². The first-order valence-corrected chi connectivity index (χ1v) is 11.8. The lowest BCUT2D eigenvalue weighted by Crippen LogP contribution is -2.29. The van der Waals surface area contributed by atoms with E-state index in [9.17, 15) is 8.42 Å². The highest BCUT2D eigenvalue weighted by molar-refractivity contribution is 7.94. The van der Waals surface area contributed by atoms with E-state index in [1.807, 2.05) is 18.2 Å². The minimum absolute atomic E-state index is 0.119. The summed E-state index contributed by atoms with van der Waals surface area (Å²) < 4.78 is 27.9. The number of nitrogen functional groups attached to an aromatic ring is 1. The molecule has 1 aromatic heterocycles. The molecule has 1 heterocycles. The van der Waals surface area contributed by atoms with Crippen LogP contribution in [0.15, 0.2) is 34.7 Å². The quantitative estimate of drug-likeness (QED) is 0.614. The Hall–Kier alpha value is -1.64. The predicted octanol–water partition coefficient (Wildman–Crippen LogP) is 3.97. The Bertz CT molecular complexity index is 845. The molecule has 1 fully saturated rings. The van der Waals surface area contributed by atoms with Crippen LogP contribution in [0.5, 0.6) is 0 Å². The van der Waals surface area contributed by atoms with E-state index in [4.69, 9.17) is 5.73 Å². The van der Waals surface area contributed by atoms with Crippen molar-refractivity contribution in [2.24, 2.45) is 5.92 Å². The van der Waals surface area contributed by atoms with Gasteiger partial charge in [0.1, 0.15) is 0 Å². The molecule has 1 saturated carbocycles. The van der Waals surface area contributed by atoms with Crippen molar-refractivity contribution in [1.82, 2.24) is 10.3 Å². The van der Waals surface area contributed by atoms with Crippen LogP contribution in [0, 0.1) is 5.92 Å². The second-order valence-corrected chi connectivity index (χ2v) is 10.3. The second kappa shape index (κ2) is 9.03. The molecular weight excluding hydrogens is 380 g/mol. The molecule has 1 atom stereocenters. The average molecular weight is 409 g/mol. The molecule has 0 saturated heterocycles. The van der Waals surface area contributed by atoms with Gasteiger partial charge in [0, 0.05) is 12.6 Å². The van der Waals surface area contributed by atoms with Crippen molar-refractivity contribution in [3.63, 3.8) is 0 Å². The Balaban J connectivity index is 1.62. The Kier molecular flexibility index (Phi) is 6.73. The summed E-state index contributed by atoms with van der Waals surface area (Å²) in [5, 5.41) is 3.79. The molecule has 0 unspecified atom stereocenters. The first-order chi connectivity index (χ1) is 12.9. The fourth-order valence-electron chi connectivity index (χ4n) is 3.66. The van der Waals surface area contributed by atoms with Gasteiger partial charge in [-0.05, 0) is 30.9 Å². The number of benzene rings is 1. The van der Waals surface area contributed by atoms with Crippen molar-refractivity contribution < 1.29 is 8.42 Å². The molecule has 2 aromatic rings. The molecule has 1 aromatic carbocycles. The maximum atomic E-state index is 12.6. The molecule has 0 spiro atoms. The third-order valence-electron chi connectivity index (χ3n) is 5.08. The van der Waals surface area contributed by atoms with Crippen LogP contribution in [0.2, 0.25) is 0 Å². The Morgan fingerprint density at radius 2 is 2.00 bits per heavy atom. The zero-order valence-corrected chi connectivity index (χ0v) is 17.3. The van der Waals surface area contributed by atoms with E-state index in [0.29, 0.717) is 18.3 Å². The summed E-state index contributed by atoms with van der Waals surface area (Å²) in [6.45, 7) is 2.83. The van der Waals surface area contributed by atoms with Gasteiger partial charge < -0.3 is 11.1 Å². The molecule has 0 aliphatic heterocycles. The molecule has 0 radical (unpaired) electrons. The highest BCUT2D eigenvalue weighted by Crippen LogP contribution is 2.28. The third-order valence-corrected chi connectivity index (χ3v) is 7.73. The molecular formula is C19H28N4O2S2. The SMILES string of the molecule is C[C@@H](CC1CCCCC1)NCc1ccccc1NS(=O)(=O)c1cnc(N)s1. The van der Waals surface area contributed by atoms with E-state index in [1.54, 1.807) is 6.07 Å². The predicted molar refractivity (Wildman–Crippen MR) is 111 cm³/mol. The number of anilines is 2. The first-order valence-electron chi connectivity index (χ1n) is 9.49. The van der Waals surface area contributed by atoms with Gasteiger partial charge in [-0.1, -0.05) is 61.6 Å². The van der Waals surface area contributed by atoms with Crippen LogP contribution in [0.3, 0.4) is 0 Å². The lowest BCUT2D eigenvalue weighted by molar-refractivity contribution is 0.305. The number of aromatic nitrogens is 1. The fourth-order valence-corrected chi connectivity index (χ4v) is 5.67. The number of hydrogen-bond donors (Lipinski definition) is 3. The molecule has 6 nitrogen and oxygen atoms in total. The van der Waals surface area contributed by atoms with E-state index >= 15 is 0 Å². The zero-order chi connectivity index (χ0) is 19.3. The maximum Gasteiger partial charge on any atom is 0.273 e. The summed E-state index contributed by atoms with van der Waals surface area (Å²) in [5.74, 6) is 0.812. The number of hydrogen-bond acceptors (Lipinski definition) is 6. The summed E-state index contributed by atoms with van der Waals surface area (Å²) >= 11 is 0.958. The van der Waals surface area contributed by atoms with Gasteiger partial charge in [0.05, 0.1) is 11.9 Å². The largest absolute Gasteiger partial charge is 0.375 e. The Morgan fingerprint density at radius 1 is 1.26 bits per heavy atom. The number of rotatable bonds is 8. The van der Waals surface area contributed by atoms with Crippen molar-refractivity contribution in [3.05, 3.63) is 36.0 Å². The number of nitrogens with one attached hydrogen (secondary N) is 2. The van der Waals surface area contributed by atoms with Gasteiger partial charge in [0.2, 0.25) is 0 Å². The van der Waals surface area contributed by atoms with Crippen LogP contribution in [0.1, 0.15) is 51.0 Å². The van der Waals surface area contributed by atoms with Gasteiger partial charge in [0.25, 0.3) is 10.0 Å². The number of thiazole rings is 1. The van der Waals surface area contributed by atoms with Crippen molar-refractivity contribution in [2.45, 2.75) is 62.2 Å². The molecule has 1 aliphatic carbocycles.